The van der Waals surface area contributed by atoms with Crippen molar-refractivity contribution in [1.29, 1.82) is 0 Å². The minimum atomic E-state index is -0.207. The van der Waals surface area contributed by atoms with Crippen LogP contribution in [0.15, 0.2) is 24.3 Å². The van der Waals surface area contributed by atoms with Crippen molar-refractivity contribution >= 4 is 5.91 Å². The molecule has 2 N–H and O–H groups in total. The molecule has 0 fully saturated rings. The standard InChI is InChI=1S/C16H26N2O2/c1-4-5-8-11-17-16(19)13(2)18-12-14-9-6-7-10-15(14)20-3/h6-7,9-10,13,18H,4-5,8,11-12H2,1-3H3,(H,17,19). The number of rotatable bonds is 9. The molecule has 4 heteroatoms. The topological polar surface area (TPSA) is 50.4 Å². The highest BCUT2D eigenvalue weighted by atomic mass is 16.5. The molecule has 0 spiro atoms. The van der Waals surface area contributed by atoms with Crippen molar-refractivity contribution in [2.75, 3.05) is 13.7 Å². The Bertz CT molecular complexity index is 407. The van der Waals surface area contributed by atoms with Gasteiger partial charge < -0.3 is 15.4 Å². The molecule has 1 amide bonds. The van der Waals surface area contributed by atoms with Crippen LogP contribution < -0.4 is 15.4 Å². The van der Waals surface area contributed by atoms with Crippen LogP contribution in [0.3, 0.4) is 0 Å². The van der Waals surface area contributed by atoms with E-state index in [9.17, 15) is 4.79 Å². The lowest BCUT2D eigenvalue weighted by atomic mass is 10.2. The van der Waals surface area contributed by atoms with Gasteiger partial charge in [0, 0.05) is 18.7 Å². The number of carbonyl (C=O) groups is 1. The predicted molar refractivity (Wildman–Crippen MR) is 81.8 cm³/mol. The first kappa shape index (κ1) is 16.5. The number of carbonyl (C=O) groups excluding carboxylic acids is 1. The molecule has 1 aromatic carbocycles. The van der Waals surface area contributed by atoms with Crippen LogP contribution in [0.4, 0.5) is 0 Å². The first-order valence-corrected chi connectivity index (χ1v) is 7.32. The van der Waals surface area contributed by atoms with E-state index >= 15 is 0 Å². The molecule has 0 radical (unpaired) electrons. The Morgan fingerprint density at radius 2 is 2.05 bits per heavy atom. The van der Waals surface area contributed by atoms with Gasteiger partial charge in [-0.25, -0.2) is 0 Å². The first-order chi connectivity index (χ1) is 9.69. The molecule has 0 saturated carbocycles. The van der Waals surface area contributed by atoms with Gasteiger partial charge in [-0.05, 0) is 19.4 Å². The highest BCUT2D eigenvalue weighted by molar-refractivity contribution is 5.81. The van der Waals surface area contributed by atoms with Crippen LogP contribution in [0.5, 0.6) is 5.75 Å². The quantitative estimate of drug-likeness (QED) is 0.682. The van der Waals surface area contributed by atoms with Gasteiger partial charge in [0.15, 0.2) is 0 Å². The number of benzene rings is 1. The van der Waals surface area contributed by atoms with Crippen molar-refractivity contribution in [3.63, 3.8) is 0 Å². The Labute approximate surface area is 121 Å². The average molecular weight is 278 g/mol. The van der Waals surface area contributed by atoms with Crippen molar-refractivity contribution < 1.29 is 9.53 Å². The fourth-order valence-electron chi connectivity index (χ4n) is 1.94. The summed E-state index contributed by atoms with van der Waals surface area (Å²) >= 11 is 0. The summed E-state index contributed by atoms with van der Waals surface area (Å²) < 4.78 is 5.29. The SMILES string of the molecule is CCCCCNC(=O)C(C)NCc1ccccc1OC. The number of hydrogen-bond donors (Lipinski definition) is 2. The molecule has 20 heavy (non-hydrogen) atoms. The molecule has 0 aliphatic rings. The largest absolute Gasteiger partial charge is 0.496 e. The van der Waals surface area contributed by atoms with Gasteiger partial charge >= 0.3 is 0 Å². The van der Waals surface area contributed by atoms with Gasteiger partial charge in [0.2, 0.25) is 5.91 Å². The lowest BCUT2D eigenvalue weighted by molar-refractivity contribution is -0.122. The average Bonchev–Trinajstić information content (AvgIpc) is 2.49. The number of unbranched alkanes of at least 4 members (excludes halogenated alkanes) is 2. The van der Waals surface area contributed by atoms with Gasteiger partial charge in [-0.2, -0.15) is 0 Å². The molecule has 1 aromatic rings. The number of amides is 1. The smallest absolute Gasteiger partial charge is 0.236 e. The molecule has 0 bridgehead atoms. The van der Waals surface area contributed by atoms with E-state index in [1.165, 1.54) is 0 Å². The highest BCUT2D eigenvalue weighted by Crippen LogP contribution is 2.16. The molecule has 1 rings (SSSR count). The van der Waals surface area contributed by atoms with Gasteiger partial charge in [0.05, 0.1) is 13.2 Å². The Balaban J connectivity index is 2.34. The molecule has 112 valence electrons. The Morgan fingerprint density at radius 3 is 2.75 bits per heavy atom. The first-order valence-electron chi connectivity index (χ1n) is 7.32. The van der Waals surface area contributed by atoms with E-state index in [0.717, 1.165) is 37.1 Å². The third-order valence-electron chi connectivity index (χ3n) is 3.26. The van der Waals surface area contributed by atoms with Gasteiger partial charge in [-0.1, -0.05) is 38.0 Å². The Hall–Kier alpha value is -1.55. The molecule has 0 saturated heterocycles. The van der Waals surface area contributed by atoms with Crippen LogP contribution in [0, 0.1) is 0 Å². The van der Waals surface area contributed by atoms with Crippen molar-refractivity contribution in [3.8, 4) is 5.75 Å². The molecule has 1 atom stereocenters. The van der Waals surface area contributed by atoms with Crippen molar-refractivity contribution in [3.05, 3.63) is 29.8 Å². The van der Waals surface area contributed by atoms with Gasteiger partial charge in [-0.15, -0.1) is 0 Å². The summed E-state index contributed by atoms with van der Waals surface area (Å²) in [5.41, 5.74) is 1.06. The molecule has 0 aromatic heterocycles. The maximum atomic E-state index is 11.9. The molecular formula is C16H26N2O2. The van der Waals surface area contributed by atoms with Gasteiger partial charge in [0.25, 0.3) is 0 Å². The van der Waals surface area contributed by atoms with Crippen molar-refractivity contribution in [2.24, 2.45) is 0 Å². The summed E-state index contributed by atoms with van der Waals surface area (Å²) in [7, 11) is 1.66. The van der Waals surface area contributed by atoms with Crippen LogP contribution in [0.1, 0.15) is 38.7 Å². The zero-order chi connectivity index (χ0) is 14.8. The second-order valence-electron chi connectivity index (χ2n) is 4.91. The van der Waals surface area contributed by atoms with Crippen molar-refractivity contribution in [1.82, 2.24) is 10.6 Å². The summed E-state index contributed by atoms with van der Waals surface area (Å²) in [6.07, 6.45) is 3.36. The number of ether oxygens (including phenoxy) is 1. The monoisotopic (exact) mass is 278 g/mol. The van der Waals surface area contributed by atoms with E-state index in [-0.39, 0.29) is 11.9 Å². The third kappa shape index (κ3) is 5.61. The zero-order valence-corrected chi connectivity index (χ0v) is 12.7. The Morgan fingerprint density at radius 1 is 1.30 bits per heavy atom. The minimum Gasteiger partial charge on any atom is -0.496 e. The maximum absolute atomic E-state index is 11.9. The summed E-state index contributed by atoms with van der Waals surface area (Å²) in [6, 6.07) is 7.62. The minimum absolute atomic E-state index is 0.0519. The summed E-state index contributed by atoms with van der Waals surface area (Å²) in [5, 5.41) is 6.17. The normalized spacial score (nSPS) is 11.9. The van der Waals surface area contributed by atoms with E-state index in [1.54, 1.807) is 7.11 Å². The molecule has 1 unspecified atom stereocenters. The predicted octanol–water partition coefficient (Wildman–Crippen LogP) is 2.48. The second kappa shape index (κ2) is 9.37. The maximum Gasteiger partial charge on any atom is 0.236 e. The Kier molecular flexibility index (Phi) is 7.73. The van der Waals surface area contributed by atoms with Crippen molar-refractivity contribution in [2.45, 2.75) is 45.7 Å². The number of nitrogens with one attached hydrogen (secondary N) is 2. The molecule has 0 aliphatic heterocycles. The molecule has 0 heterocycles. The number of para-hydroxylation sites is 1. The number of methoxy groups -OCH3 is 1. The second-order valence-corrected chi connectivity index (χ2v) is 4.91. The van der Waals surface area contributed by atoms with E-state index in [2.05, 4.69) is 17.6 Å². The van der Waals surface area contributed by atoms with E-state index in [4.69, 9.17) is 4.74 Å². The third-order valence-corrected chi connectivity index (χ3v) is 3.26. The van der Waals surface area contributed by atoms with Crippen LogP contribution in [-0.2, 0) is 11.3 Å². The lowest BCUT2D eigenvalue weighted by Crippen LogP contribution is -2.42. The van der Waals surface area contributed by atoms with Gasteiger partial charge in [0.1, 0.15) is 5.75 Å². The van der Waals surface area contributed by atoms with Crippen LogP contribution in [-0.4, -0.2) is 25.6 Å². The highest BCUT2D eigenvalue weighted by Gasteiger charge is 2.12. The van der Waals surface area contributed by atoms with Gasteiger partial charge in [-0.3, -0.25) is 4.79 Å². The molecule has 4 nitrogen and oxygen atoms in total. The fraction of sp³-hybridized carbons (Fsp3) is 0.562. The zero-order valence-electron chi connectivity index (χ0n) is 12.7. The number of hydrogen-bond acceptors (Lipinski definition) is 3. The van der Waals surface area contributed by atoms with E-state index in [0.29, 0.717) is 6.54 Å². The lowest BCUT2D eigenvalue weighted by Gasteiger charge is -2.15. The summed E-state index contributed by atoms with van der Waals surface area (Å²) in [6.45, 7) is 5.41. The molecular weight excluding hydrogens is 252 g/mol. The van der Waals surface area contributed by atoms with E-state index < -0.39 is 0 Å². The molecule has 0 aliphatic carbocycles. The van der Waals surface area contributed by atoms with Crippen LogP contribution in [0.2, 0.25) is 0 Å². The van der Waals surface area contributed by atoms with Crippen LogP contribution in [0.25, 0.3) is 0 Å². The van der Waals surface area contributed by atoms with E-state index in [1.807, 2.05) is 31.2 Å². The van der Waals surface area contributed by atoms with Crippen LogP contribution >= 0.6 is 0 Å². The summed E-state index contributed by atoms with van der Waals surface area (Å²) in [4.78, 5) is 11.9. The fourth-order valence-corrected chi connectivity index (χ4v) is 1.94. The summed E-state index contributed by atoms with van der Waals surface area (Å²) in [5.74, 6) is 0.895.